The van der Waals surface area contributed by atoms with Gasteiger partial charge in [0.25, 0.3) is 0 Å². The number of pyridine rings is 1. The lowest BCUT2D eigenvalue weighted by Crippen LogP contribution is -2.49. The predicted octanol–water partition coefficient (Wildman–Crippen LogP) is 3.05. The first-order chi connectivity index (χ1) is 14.2. The summed E-state index contributed by atoms with van der Waals surface area (Å²) in [6.45, 7) is 5.55. The molecule has 1 aliphatic heterocycles. The van der Waals surface area contributed by atoms with Gasteiger partial charge in [-0.15, -0.1) is 10.2 Å². The van der Waals surface area contributed by atoms with Gasteiger partial charge in [-0.3, -0.25) is 9.36 Å². The summed E-state index contributed by atoms with van der Waals surface area (Å²) in [7, 11) is 0. The van der Waals surface area contributed by atoms with Crippen molar-refractivity contribution >= 4 is 35.1 Å². The van der Waals surface area contributed by atoms with Crippen molar-refractivity contribution in [1.82, 2.24) is 24.6 Å². The number of nitrogens with zero attached hydrogens (tertiary/aromatic N) is 6. The van der Waals surface area contributed by atoms with Gasteiger partial charge in [0.2, 0.25) is 5.91 Å². The van der Waals surface area contributed by atoms with Gasteiger partial charge in [0, 0.05) is 38.9 Å². The van der Waals surface area contributed by atoms with Crippen molar-refractivity contribution in [2.75, 3.05) is 36.8 Å². The number of thioether (sulfide) groups is 1. The number of rotatable bonds is 6. The first kappa shape index (κ1) is 19.8. The highest BCUT2D eigenvalue weighted by atomic mass is 35.5. The molecule has 3 aromatic rings. The Bertz CT molecular complexity index is 952. The van der Waals surface area contributed by atoms with Crippen LogP contribution >= 0.6 is 23.4 Å². The Morgan fingerprint density at radius 2 is 2.03 bits per heavy atom. The van der Waals surface area contributed by atoms with Gasteiger partial charge in [0.1, 0.15) is 5.82 Å². The number of anilines is 1. The zero-order chi connectivity index (χ0) is 20.2. The average Bonchev–Trinajstić information content (AvgIpc) is 3.42. The van der Waals surface area contributed by atoms with Crippen molar-refractivity contribution in [2.45, 2.75) is 18.6 Å². The maximum Gasteiger partial charge on any atom is 0.233 e. The summed E-state index contributed by atoms with van der Waals surface area (Å²) in [6.07, 6.45) is 3.26. The summed E-state index contributed by atoms with van der Waals surface area (Å²) in [5.74, 6) is 2.66. The van der Waals surface area contributed by atoms with E-state index in [-0.39, 0.29) is 5.91 Å². The maximum atomic E-state index is 12.7. The van der Waals surface area contributed by atoms with Crippen LogP contribution in [0.1, 0.15) is 6.92 Å². The van der Waals surface area contributed by atoms with Crippen molar-refractivity contribution in [2.24, 2.45) is 0 Å². The van der Waals surface area contributed by atoms with Gasteiger partial charge in [-0.05, 0) is 31.2 Å². The Hall–Kier alpha value is -2.52. The van der Waals surface area contributed by atoms with Crippen LogP contribution < -0.4 is 4.90 Å². The fraction of sp³-hybridized carbons (Fsp3) is 0.368. The van der Waals surface area contributed by atoms with Crippen LogP contribution in [-0.2, 0) is 11.3 Å². The third-order valence-corrected chi connectivity index (χ3v) is 5.94. The van der Waals surface area contributed by atoms with Gasteiger partial charge in [0.05, 0.1) is 17.0 Å². The Labute approximate surface area is 177 Å². The molecule has 10 heteroatoms. The molecule has 0 spiro atoms. The maximum absolute atomic E-state index is 12.7. The lowest BCUT2D eigenvalue weighted by Gasteiger charge is -2.35. The summed E-state index contributed by atoms with van der Waals surface area (Å²) >= 11 is 7.31. The number of amides is 1. The van der Waals surface area contributed by atoms with Gasteiger partial charge < -0.3 is 14.2 Å². The molecular formula is C19H21ClN6O2S. The van der Waals surface area contributed by atoms with Crippen LogP contribution in [0, 0.1) is 0 Å². The average molecular weight is 433 g/mol. The van der Waals surface area contributed by atoms with Crippen LogP contribution in [0.2, 0.25) is 5.02 Å². The van der Waals surface area contributed by atoms with Crippen molar-refractivity contribution in [3.8, 4) is 11.6 Å². The molecule has 0 bridgehead atoms. The normalized spacial score (nSPS) is 14.4. The van der Waals surface area contributed by atoms with E-state index in [2.05, 4.69) is 20.1 Å². The molecule has 0 unspecified atom stereocenters. The molecule has 1 saturated heterocycles. The number of furan rings is 1. The third-order valence-electron chi connectivity index (χ3n) is 4.77. The molecule has 29 heavy (non-hydrogen) atoms. The third kappa shape index (κ3) is 4.40. The summed E-state index contributed by atoms with van der Waals surface area (Å²) in [6, 6.07) is 7.41. The van der Waals surface area contributed by atoms with E-state index in [0.29, 0.717) is 42.0 Å². The molecule has 0 saturated carbocycles. The van der Waals surface area contributed by atoms with E-state index in [1.807, 2.05) is 40.7 Å². The van der Waals surface area contributed by atoms with Gasteiger partial charge in [0.15, 0.2) is 16.7 Å². The van der Waals surface area contributed by atoms with Crippen LogP contribution in [-0.4, -0.2) is 62.5 Å². The molecule has 1 aliphatic rings. The zero-order valence-electron chi connectivity index (χ0n) is 16.0. The molecule has 0 N–H and O–H groups in total. The number of piperazine rings is 1. The second-order valence-corrected chi connectivity index (χ2v) is 7.90. The minimum Gasteiger partial charge on any atom is -0.461 e. The fourth-order valence-electron chi connectivity index (χ4n) is 3.23. The first-order valence-corrected chi connectivity index (χ1v) is 10.8. The summed E-state index contributed by atoms with van der Waals surface area (Å²) in [4.78, 5) is 21.1. The van der Waals surface area contributed by atoms with Crippen LogP contribution in [0.4, 0.5) is 5.82 Å². The van der Waals surface area contributed by atoms with Crippen LogP contribution in [0.15, 0.2) is 46.3 Å². The van der Waals surface area contributed by atoms with E-state index in [1.165, 1.54) is 11.8 Å². The highest BCUT2D eigenvalue weighted by molar-refractivity contribution is 7.99. The monoisotopic (exact) mass is 432 g/mol. The van der Waals surface area contributed by atoms with Gasteiger partial charge in [-0.1, -0.05) is 23.4 Å². The number of hydrogen-bond acceptors (Lipinski definition) is 7. The molecular weight excluding hydrogens is 412 g/mol. The summed E-state index contributed by atoms with van der Waals surface area (Å²) < 4.78 is 7.38. The van der Waals surface area contributed by atoms with Crippen molar-refractivity contribution in [3.63, 3.8) is 0 Å². The topological polar surface area (TPSA) is 80.3 Å². The molecule has 0 atom stereocenters. The highest BCUT2D eigenvalue weighted by Crippen LogP contribution is 2.24. The molecule has 1 amide bonds. The standard InChI is InChI=1S/C19H21ClN6O2S/c1-2-26-18(15-4-3-11-28-15)22-23-19(26)29-13-17(27)25-9-7-24(8-10-25)16-6-5-14(20)12-21-16/h3-6,11-12H,2,7-10,13H2,1H3. The quantitative estimate of drug-likeness (QED) is 0.554. The number of hydrogen-bond donors (Lipinski definition) is 0. The summed E-state index contributed by atoms with van der Waals surface area (Å²) in [5.41, 5.74) is 0. The van der Waals surface area contributed by atoms with Crippen molar-refractivity contribution < 1.29 is 9.21 Å². The predicted molar refractivity (Wildman–Crippen MR) is 112 cm³/mol. The van der Waals surface area contributed by atoms with E-state index in [9.17, 15) is 4.79 Å². The first-order valence-electron chi connectivity index (χ1n) is 9.40. The zero-order valence-corrected chi connectivity index (χ0v) is 17.6. The number of halogens is 1. The van der Waals surface area contributed by atoms with E-state index < -0.39 is 0 Å². The van der Waals surface area contributed by atoms with Gasteiger partial charge in [-0.2, -0.15) is 0 Å². The molecule has 0 radical (unpaired) electrons. The smallest absolute Gasteiger partial charge is 0.233 e. The Kier molecular flexibility index (Phi) is 6.05. The minimum absolute atomic E-state index is 0.101. The largest absolute Gasteiger partial charge is 0.461 e. The van der Waals surface area contributed by atoms with Crippen molar-refractivity contribution in [1.29, 1.82) is 0 Å². The second kappa shape index (κ2) is 8.87. The molecule has 8 nitrogen and oxygen atoms in total. The highest BCUT2D eigenvalue weighted by Gasteiger charge is 2.23. The fourth-order valence-corrected chi connectivity index (χ4v) is 4.24. The lowest BCUT2D eigenvalue weighted by atomic mass is 10.3. The SMILES string of the molecule is CCn1c(SCC(=O)N2CCN(c3ccc(Cl)cn3)CC2)nnc1-c1ccco1. The van der Waals surface area contributed by atoms with Gasteiger partial charge in [-0.25, -0.2) is 4.98 Å². The van der Waals surface area contributed by atoms with Crippen LogP contribution in [0.3, 0.4) is 0 Å². The molecule has 0 aromatic carbocycles. The molecule has 1 fully saturated rings. The molecule has 152 valence electrons. The number of carbonyl (C=O) groups is 1. The Morgan fingerprint density at radius 1 is 1.21 bits per heavy atom. The van der Waals surface area contributed by atoms with Crippen molar-refractivity contribution in [3.05, 3.63) is 41.7 Å². The molecule has 0 aliphatic carbocycles. The van der Waals surface area contributed by atoms with E-state index in [0.717, 1.165) is 24.1 Å². The molecule has 4 rings (SSSR count). The molecule has 4 heterocycles. The second-order valence-electron chi connectivity index (χ2n) is 6.52. The van der Waals surface area contributed by atoms with Gasteiger partial charge >= 0.3 is 0 Å². The van der Waals surface area contributed by atoms with E-state index in [1.54, 1.807) is 12.5 Å². The van der Waals surface area contributed by atoms with E-state index >= 15 is 0 Å². The molecule has 3 aromatic heterocycles. The van der Waals surface area contributed by atoms with Crippen LogP contribution in [0.25, 0.3) is 11.6 Å². The van der Waals surface area contributed by atoms with Crippen LogP contribution in [0.5, 0.6) is 0 Å². The Morgan fingerprint density at radius 3 is 2.69 bits per heavy atom. The summed E-state index contributed by atoms with van der Waals surface area (Å²) in [5, 5.41) is 9.80. The Balaban J connectivity index is 1.32. The lowest BCUT2D eigenvalue weighted by molar-refractivity contribution is -0.128. The minimum atomic E-state index is 0.101. The van der Waals surface area contributed by atoms with E-state index in [4.69, 9.17) is 16.0 Å². The number of aromatic nitrogens is 4. The number of carbonyl (C=O) groups excluding carboxylic acids is 1.